The molecule has 0 radical (unpaired) electrons. The number of primary amides is 1. The van der Waals surface area contributed by atoms with Gasteiger partial charge in [-0.3, -0.25) is 14.6 Å². The van der Waals surface area contributed by atoms with E-state index in [0.717, 1.165) is 5.69 Å². The van der Waals surface area contributed by atoms with E-state index < -0.39 is 21.3 Å². The van der Waals surface area contributed by atoms with Gasteiger partial charge in [0.1, 0.15) is 4.90 Å². The van der Waals surface area contributed by atoms with Crippen molar-refractivity contribution in [2.45, 2.75) is 31.1 Å². The van der Waals surface area contributed by atoms with Crippen LogP contribution in [0.2, 0.25) is 0 Å². The Morgan fingerprint density at radius 2 is 1.96 bits per heavy atom. The average molecular weight is 407 g/mol. The predicted molar refractivity (Wildman–Crippen MR) is 106 cm³/mol. The summed E-state index contributed by atoms with van der Waals surface area (Å²) >= 11 is 0. The maximum absolute atomic E-state index is 12.9. The fourth-order valence-electron chi connectivity index (χ4n) is 3.06. The van der Waals surface area contributed by atoms with Gasteiger partial charge >= 0.3 is 0 Å². The van der Waals surface area contributed by atoms with Crippen molar-refractivity contribution in [1.29, 1.82) is 0 Å². The molecule has 1 saturated heterocycles. The third-order valence-electron chi connectivity index (χ3n) is 4.53. The molecule has 10 heteroatoms. The molecular formula is C18H25N5O4S. The Kier molecular flexibility index (Phi) is 5.35. The molecule has 3 rings (SSSR count). The molecule has 152 valence electrons. The molecule has 1 aliphatic heterocycles. The van der Waals surface area contributed by atoms with Gasteiger partial charge in [-0.05, 0) is 18.2 Å². The van der Waals surface area contributed by atoms with Crippen molar-refractivity contribution in [2.75, 3.05) is 35.9 Å². The molecule has 0 unspecified atom stereocenters. The van der Waals surface area contributed by atoms with Crippen LogP contribution < -0.4 is 15.4 Å². The van der Waals surface area contributed by atoms with Crippen LogP contribution >= 0.6 is 0 Å². The van der Waals surface area contributed by atoms with Gasteiger partial charge in [-0.25, -0.2) is 8.42 Å². The van der Waals surface area contributed by atoms with Crippen molar-refractivity contribution < 1.29 is 17.9 Å². The summed E-state index contributed by atoms with van der Waals surface area (Å²) in [5, 5.41) is 6.62. The highest BCUT2D eigenvalue weighted by Gasteiger charge is 2.29. The number of benzene rings is 1. The fraction of sp³-hybridized carbons (Fsp3) is 0.444. The number of nitrogens with zero attached hydrogens (tertiary/aromatic N) is 2. The Bertz CT molecular complexity index is 972. The van der Waals surface area contributed by atoms with Crippen molar-refractivity contribution >= 4 is 27.3 Å². The van der Waals surface area contributed by atoms with E-state index in [4.69, 9.17) is 10.5 Å². The number of morpholine rings is 1. The topological polar surface area (TPSA) is 130 Å². The Balaban J connectivity index is 1.95. The fourth-order valence-corrected chi connectivity index (χ4v) is 4.45. The zero-order valence-electron chi connectivity index (χ0n) is 16.2. The van der Waals surface area contributed by atoms with Crippen molar-refractivity contribution in [1.82, 2.24) is 10.2 Å². The first kappa shape index (κ1) is 20.2. The molecule has 1 fully saturated rings. The maximum Gasteiger partial charge on any atom is 0.265 e. The van der Waals surface area contributed by atoms with Crippen LogP contribution in [0.25, 0.3) is 0 Å². The number of hydrogen-bond donors (Lipinski definition) is 3. The second kappa shape index (κ2) is 7.44. The summed E-state index contributed by atoms with van der Waals surface area (Å²) in [6, 6.07) is 4.92. The number of H-pyrrole nitrogens is 1. The van der Waals surface area contributed by atoms with Gasteiger partial charge in [0, 0.05) is 24.2 Å². The lowest BCUT2D eigenvalue weighted by atomic mass is 9.92. The van der Waals surface area contributed by atoms with Crippen LogP contribution in [0.3, 0.4) is 0 Å². The number of anilines is 2. The van der Waals surface area contributed by atoms with Crippen LogP contribution in [0, 0.1) is 0 Å². The second-order valence-corrected chi connectivity index (χ2v) is 9.31. The second-order valence-electron chi connectivity index (χ2n) is 7.66. The third-order valence-corrected chi connectivity index (χ3v) is 5.91. The first-order valence-electron chi connectivity index (χ1n) is 8.93. The van der Waals surface area contributed by atoms with Gasteiger partial charge in [-0.2, -0.15) is 5.10 Å². The minimum Gasteiger partial charge on any atom is -0.378 e. The molecule has 2 aromatic rings. The number of rotatable bonds is 5. The Morgan fingerprint density at radius 3 is 2.57 bits per heavy atom. The molecule has 0 saturated carbocycles. The van der Waals surface area contributed by atoms with E-state index in [2.05, 4.69) is 19.8 Å². The van der Waals surface area contributed by atoms with Crippen molar-refractivity contribution in [3.8, 4) is 0 Å². The van der Waals surface area contributed by atoms with E-state index in [1.165, 1.54) is 6.20 Å². The van der Waals surface area contributed by atoms with E-state index >= 15 is 0 Å². The lowest BCUT2D eigenvalue weighted by Crippen LogP contribution is -2.36. The summed E-state index contributed by atoms with van der Waals surface area (Å²) in [5.74, 6) is -0.712. The zero-order valence-corrected chi connectivity index (χ0v) is 17.0. The number of aromatic amines is 1. The maximum atomic E-state index is 12.9. The number of carbonyl (C=O) groups excluding carboxylic acids is 1. The van der Waals surface area contributed by atoms with Crippen LogP contribution in [0.1, 0.15) is 36.8 Å². The van der Waals surface area contributed by atoms with Gasteiger partial charge < -0.3 is 15.4 Å². The highest BCUT2D eigenvalue weighted by Crippen LogP contribution is 2.30. The molecule has 1 amide bonds. The van der Waals surface area contributed by atoms with Crippen LogP contribution in [0.5, 0.6) is 0 Å². The summed E-state index contributed by atoms with van der Waals surface area (Å²) in [6.07, 6.45) is 1.26. The molecule has 1 aromatic carbocycles. The van der Waals surface area contributed by atoms with Crippen LogP contribution in [-0.2, 0) is 20.2 Å². The molecule has 1 aromatic heterocycles. The average Bonchev–Trinajstić information content (AvgIpc) is 3.14. The van der Waals surface area contributed by atoms with Gasteiger partial charge in [-0.1, -0.05) is 20.8 Å². The minimum atomic E-state index is -3.96. The van der Waals surface area contributed by atoms with E-state index in [-0.39, 0.29) is 16.1 Å². The van der Waals surface area contributed by atoms with Gasteiger partial charge in [0.15, 0.2) is 0 Å². The van der Waals surface area contributed by atoms with Gasteiger partial charge in [0.05, 0.1) is 36.4 Å². The molecule has 9 nitrogen and oxygen atoms in total. The number of aromatic nitrogens is 2. The molecule has 4 N–H and O–H groups in total. The summed E-state index contributed by atoms with van der Waals surface area (Å²) in [4.78, 5) is 14.1. The Labute approximate surface area is 164 Å². The summed E-state index contributed by atoms with van der Waals surface area (Å²) in [6.45, 7) is 8.20. The van der Waals surface area contributed by atoms with E-state index in [1.807, 2.05) is 20.8 Å². The van der Waals surface area contributed by atoms with E-state index in [9.17, 15) is 13.2 Å². The van der Waals surface area contributed by atoms with Gasteiger partial charge in [0.2, 0.25) is 0 Å². The molecule has 0 spiro atoms. The van der Waals surface area contributed by atoms with Gasteiger partial charge in [-0.15, -0.1) is 0 Å². The largest absolute Gasteiger partial charge is 0.378 e. The molecule has 0 bridgehead atoms. The normalized spacial score (nSPS) is 15.5. The Hall–Kier alpha value is -2.59. The highest BCUT2D eigenvalue weighted by molar-refractivity contribution is 7.92. The standard InChI is InChI=1S/C18H25N5O4S/c1-18(2,3)16-15(11-20-21-16)28(25,26)22-14-5-4-12(10-13(14)17(19)24)23-6-8-27-9-7-23/h4-5,10-11,22H,6-9H2,1-3H3,(H2,19,24)(H,20,21). The van der Waals surface area contributed by atoms with Gasteiger partial charge in [0.25, 0.3) is 15.9 Å². The highest BCUT2D eigenvalue weighted by atomic mass is 32.2. The van der Waals surface area contributed by atoms with E-state index in [1.54, 1.807) is 18.2 Å². The molecule has 1 aliphatic rings. The van der Waals surface area contributed by atoms with Crippen molar-refractivity contribution in [3.63, 3.8) is 0 Å². The number of hydrogen-bond acceptors (Lipinski definition) is 6. The third kappa shape index (κ3) is 4.12. The summed E-state index contributed by atoms with van der Waals surface area (Å²) < 4.78 is 33.7. The quantitative estimate of drug-likeness (QED) is 0.687. The SMILES string of the molecule is CC(C)(C)c1[nH]ncc1S(=O)(=O)Nc1ccc(N2CCOCC2)cc1C(N)=O. The van der Waals surface area contributed by atoms with Crippen LogP contribution in [-0.4, -0.2) is 50.8 Å². The molecule has 0 atom stereocenters. The first-order valence-corrected chi connectivity index (χ1v) is 10.4. The van der Waals surface area contributed by atoms with Crippen molar-refractivity contribution in [3.05, 3.63) is 35.7 Å². The number of ether oxygens (including phenoxy) is 1. The van der Waals surface area contributed by atoms with Crippen molar-refractivity contribution in [2.24, 2.45) is 5.73 Å². The number of sulfonamides is 1. The number of amides is 1. The lowest BCUT2D eigenvalue weighted by Gasteiger charge is -2.29. The molecular weight excluding hydrogens is 382 g/mol. The van der Waals surface area contributed by atoms with E-state index in [0.29, 0.717) is 32.0 Å². The summed E-state index contributed by atoms with van der Waals surface area (Å²) in [7, 11) is -3.96. The lowest BCUT2D eigenvalue weighted by molar-refractivity contribution is 0.100. The monoisotopic (exact) mass is 407 g/mol. The Morgan fingerprint density at radius 1 is 1.29 bits per heavy atom. The molecule has 2 heterocycles. The molecule has 28 heavy (non-hydrogen) atoms. The van der Waals surface area contributed by atoms with Crippen LogP contribution in [0.15, 0.2) is 29.3 Å². The first-order chi connectivity index (χ1) is 13.1. The zero-order chi connectivity index (χ0) is 20.5. The predicted octanol–water partition coefficient (Wildman–Crippen LogP) is 1.44. The summed E-state index contributed by atoms with van der Waals surface area (Å²) in [5.41, 5.74) is 6.57. The number of nitrogens with one attached hydrogen (secondary N) is 2. The molecule has 0 aliphatic carbocycles. The smallest absolute Gasteiger partial charge is 0.265 e. The minimum absolute atomic E-state index is 0.0349. The number of carbonyl (C=O) groups is 1. The van der Waals surface area contributed by atoms with Crippen LogP contribution in [0.4, 0.5) is 11.4 Å². The number of nitrogens with two attached hydrogens (primary N) is 1.